The SMILES string of the molecule is COc1ccc(NC(=O)c2cc(NN)ccn2)cc1Cl. The summed E-state index contributed by atoms with van der Waals surface area (Å²) in [5, 5.41) is 3.10. The lowest BCUT2D eigenvalue weighted by Crippen LogP contribution is -2.15. The molecule has 0 fully saturated rings. The van der Waals surface area contributed by atoms with Gasteiger partial charge in [0.25, 0.3) is 5.91 Å². The molecule has 1 aromatic heterocycles. The van der Waals surface area contributed by atoms with Gasteiger partial charge in [0.05, 0.1) is 17.8 Å². The van der Waals surface area contributed by atoms with Crippen LogP contribution in [0.2, 0.25) is 5.02 Å². The Kier molecular flexibility index (Phi) is 4.39. The van der Waals surface area contributed by atoms with E-state index in [9.17, 15) is 4.79 Å². The lowest BCUT2D eigenvalue weighted by Gasteiger charge is -2.08. The Morgan fingerprint density at radius 2 is 2.10 bits per heavy atom. The van der Waals surface area contributed by atoms with Gasteiger partial charge in [0.1, 0.15) is 11.4 Å². The van der Waals surface area contributed by atoms with Crippen molar-refractivity contribution in [1.29, 1.82) is 0 Å². The molecule has 0 saturated carbocycles. The zero-order valence-electron chi connectivity index (χ0n) is 10.7. The van der Waals surface area contributed by atoms with Crippen molar-refractivity contribution in [2.45, 2.75) is 0 Å². The van der Waals surface area contributed by atoms with Crippen LogP contribution in [0.1, 0.15) is 10.5 Å². The van der Waals surface area contributed by atoms with E-state index in [1.807, 2.05) is 0 Å². The first-order chi connectivity index (χ1) is 9.63. The standard InChI is InChI=1S/C13H13ClN4O2/c1-20-12-3-2-8(6-10(12)14)17-13(19)11-7-9(18-15)4-5-16-11/h2-7H,15H2,1H3,(H,16,18)(H,17,19). The number of rotatable bonds is 4. The van der Waals surface area contributed by atoms with Gasteiger partial charge in [-0.3, -0.25) is 15.6 Å². The Morgan fingerprint density at radius 1 is 1.30 bits per heavy atom. The van der Waals surface area contributed by atoms with Crippen molar-refractivity contribution in [3.05, 3.63) is 47.2 Å². The van der Waals surface area contributed by atoms with E-state index >= 15 is 0 Å². The number of amides is 1. The fourth-order valence-electron chi connectivity index (χ4n) is 1.58. The minimum atomic E-state index is -0.358. The third-order valence-electron chi connectivity index (χ3n) is 2.57. The van der Waals surface area contributed by atoms with E-state index in [-0.39, 0.29) is 11.6 Å². The fraction of sp³-hybridized carbons (Fsp3) is 0.0769. The van der Waals surface area contributed by atoms with Gasteiger partial charge in [0.15, 0.2) is 0 Å². The van der Waals surface area contributed by atoms with Crippen LogP contribution in [0, 0.1) is 0 Å². The summed E-state index contributed by atoms with van der Waals surface area (Å²) in [5.41, 5.74) is 3.84. The molecule has 0 spiro atoms. The lowest BCUT2D eigenvalue weighted by molar-refractivity contribution is 0.102. The number of ether oxygens (including phenoxy) is 1. The van der Waals surface area contributed by atoms with Crippen molar-refractivity contribution < 1.29 is 9.53 Å². The van der Waals surface area contributed by atoms with E-state index in [2.05, 4.69) is 15.7 Å². The molecule has 1 heterocycles. The van der Waals surface area contributed by atoms with Crippen molar-refractivity contribution in [1.82, 2.24) is 4.98 Å². The molecule has 0 aliphatic heterocycles. The number of hydrogen-bond acceptors (Lipinski definition) is 5. The van der Waals surface area contributed by atoms with Crippen molar-refractivity contribution >= 4 is 28.9 Å². The molecule has 0 saturated heterocycles. The van der Waals surface area contributed by atoms with Gasteiger partial charge in [0, 0.05) is 11.9 Å². The van der Waals surface area contributed by atoms with E-state index in [1.165, 1.54) is 13.3 Å². The molecular formula is C13H13ClN4O2. The number of nitrogens with one attached hydrogen (secondary N) is 2. The molecule has 104 valence electrons. The number of benzene rings is 1. The Hall–Kier alpha value is -2.31. The summed E-state index contributed by atoms with van der Waals surface area (Å²) in [5.74, 6) is 5.46. The second-order valence-corrected chi connectivity index (χ2v) is 4.28. The number of nitrogen functional groups attached to an aromatic ring is 1. The molecule has 6 nitrogen and oxygen atoms in total. The number of anilines is 2. The zero-order valence-corrected chi connectivity index (χ0v) is 11.4. The van der Waals surface area contributed by atoms with Crippen LogP contribution < -0.4 is 21.3 Å². The highest BCUT2D eigenvalue weighted by Crippen LogP contribution is 2.27. The van der Waals surface area contributed by atoms with E-state index in [0.29, 0.717) is 22.1 Å². The Bertz CT molecular complexity index is 634. The maximum Gasteiger partial charge on any atom is 0.274 e. The summed E-state index contributed by atoms with van der Waals surface area (Å²) < 4.78 is 5.04. The van der Waals surface area contributed by atoms with Crippen LogP contribution in [0.25, 0.3) is 0 Å². The number of methoxy groups -OCH3 is 1. The Labute approximate surface area is 120 Å². The van der Waals surface area contributed by atoms with Crippen molar-refractivity contribution in [3.8, 4) is 5.75 Å². The molecule has 2 rings (SSSR count). The first kappa shape index (κ1) is 14.1. The average molecular weight is 293 g/mol. The molecule has 0 aliphatic carbocycles. The monoisotopic (exact) mass is 292 g/mol. The summed E-state index contributed by atoms with van der Waals surface area (Å²) in [6.45, 7) is 0. The van der Waals surface area contributed by atoms with Gasteiger partial charge < -0.3 is 15.5 Å². The zero-order chi connectivity index (χ0) is 14.5. The molecule has 0 atom stereocenters. The van der Waals surface area contributed by atoms with Crippen molar-refractivity contribution in [2.75, 3.05) is 17.9 Å². The van der Waals surface area contributed by atoms with Gasteiger partial charge in [-0.15, -0.1) is 0 Å². The summed E-state index contributed by atoms with van der Waals surface area (Å²) in [6.07, 6.45) is 1.49. The maximum absolute atomic E-state index is 12.0. The molecule has 0 bridgehead atoms. The first-order valence-corrected chi connectivity index (χ1v) is 6.09. The highest BCUT2D eigenvalue weighted by molar-refractivity contribution is 6.32. The largest absolute Gasteiger partial charge is 0.495 e. The average Bonchev–Trinajstić information content (AvgIpc) is 2.47. The Morgan fingerprint density at radius 3 is 2.75 bits per heavy atom. The smallest absolute Gasteiger partial charge is 0.274 e. The quantitative estimate of drug-likeness (QED) is 0.594. The van der Waals surface area contributed by atoms with Gasteiger partial charge in [-0.2, -0.15) is 0 Å². The van der Waals surface area contributed by atoms with E-state index in [4.69, 9.17) is 22.2 Å². The third-order valence-corrected chi connectivity index (χ3v) is 2.86. The number of aromatic nitrogens is 1. The van der Waals surface area contributed by atoms with Crippen molar-refractivity contribution in [2.24, 2.45) is 5.84 Å². The van der Waals surface area contributed by atoms with Crippen LogP contribution in [-0.4, -0.2) is 18.0 Å². The van der Waals surface area contributed by atoms with Gasteiger partial charge in [0.2, 0.25) is 0 Å². The molecule has 0 aliphatic rings. The number of carbonyl (C=O) groups is 1. The van der Waals surface area contributed by atoms with E-state index in [0.717, 1.165) is 0 Å². The Balaban J connectivity index is 2.16. The van der Waals surface area contributed by atoms with Gasteiger partial charge in [-0.1, -0.05) is 11.6 Å². The number of pyridine rings is 1. The minimum Gasteiger partial charge on any atom is -0.495 e. The number of nitrogens with zero attached hydrogens (tertiary/aromatic N) is 1. The van der Waals surface area contributed by atoms with Crippen LogP contribution in [-0.2, 0) is 0 Å². The number of carbonyl (C=O) groups excluding carboxylic acids is 1. The van der Waals surface area contributed by atoms with Crippen molar-refractivity contribution in [3.63, 3.8) is 0 Å². The molecule has 1 amide bonds. The van der Waals surface area contributed by atoms with Crippen LogP contribution >= 0.6 is 11.6 Å². The molecule has 20 heavy (non-hydrogen) atoms. The summed E-state index contributed by atoms with van der Waals surface area (Å²) in [6, 6.07) is 8.15. The number of nitrogens with two attached hydrogens (primary N) is 1. The lowest BCUT2D eigenvalue weighted by atomic mass is 10.2. The molecule has 0 unspecified atom stereocenters. The van der Waals surface area contributed by atoms with Crippen LogP contribution in [0.15, 0.2) is 36.5 Å². The highest BCUT2D eigenvalue weighted by atomic mass is 35.5. The van der Waals surface area contributed by atoms with Gasteiger partial charge >= 0.3 is 0 Å². The second kappa shape index (κ2) is 6.23. The second-order valence-electron chi connectivity index (χ2n) is 3.88. The first-order valence-electron chi connectivity index (χ1n) is 5.71. The van der Waals surface area contributed by atoms with Crippen LogP contribution in [0.3, 0.4) is 0 Å². The number of hydrogen-bond donors (Lipinski definition) is 3. The minimum absolute atomic E-state index is 0.243. The number of halogens is 1. The van der Waals surface area contributed by atoms with Gasteiger partial charge in [-0.05, 0) is 30.3 Å². The summed E-state index contributed by atoms with van der Waals surface area (Å²) >= 11 is 5.99. The van der Waals surface area contributed by atoms with Gasteiger partial charge in [-0.25, -0.2) is 0 Å². The predicted molar refractivity (Wildman–Crippen MR) is 78.0 cm³/mol. The molecule has 2 aromatic rings. The van der Waals surface area contributed by atoms with Crippen LogP contribution in [0.4, 0.5) is 11.4 Å². The maximum atomic E-state index is 12.0. The normalized spacial score (nSPS) is 9.95. The predicted octanol–water partition coefficient (Wildman–Crippen LogP) is 2.28. The highest BCUT2D eigenvalue weighted by Gasteiger charge is 2.09. The number of hydrazine groups is 1. The van der Waals surface area contributed by atoms with Crippen LogP contribution in [0.5, 0.6) is 5.75 Å². The molecule has 1 aromatic carbocycles. The topological polar surface area (TPSA) is 89.3 Å². The molecule has 7 heteroatoms. The van der Waals surface area contributed by atoms with E-state index in [1.54, 1.807) is 30.3 Å². The fourth-order valence-corrected chi connectivity index (χ4v) is 1.84. The molecular weight excluding hydrogens is 280 g/mol. The molecule has 0 radical (unpaired) electrons. The summed E-state index contributed by atoms with van der Waals surface area (Å²) in [4.78, 5) is 16.0. The summed E-state index contributed by atoms with van der Waals surface area (Å²) in [7, 11) is 1.52. The third kappa shape index (κ3) is 3.17. The van der Waals surface area contributed by atoms with E-state index < -0.39 is 0 Å². The molecule has 4 N–H and O–H groups in total.